The minimum absolute atomic E-state index is 0.0937. The van der Waals surface area contributed by atoms with Crippen LogP contribution in [0.25, 0.3) is 11.0 Å². The lowest BCUT2D eigenvalue weighted by molar-refractivity contribution is 0.0923. The van der Waals surface area contributed by atoms with Crippen molar-refractivity contribution in [1.29, 1.82) is 0 Å². The molecule has 0 unspecified atom stereocenters. The van der Waals surface area contributed by atoms with Crippen molar-refractivity contribution in [3.63, 3.8) is 0 Å². The first-order valence-corrected chi connectivity index (χ1v) is 7.96. The number of carbonyl (C=O) groups is 1. The van der Waals surface area contributed by atoms with E-state index in [1.54, 1.807) is 0 Å². The van der Waals surface area contributed by atoms with Gasteiger partial charge in [-0.25, -0.2) is 0 Å². The Morgan fingerprint density at radius 2 is 1.83 bits per heavy atom. The molecule has 24 heavy (non-hydrogen) atoms. The van der Waals surface area contributed by atoms with Crippen molar-refractivity contribution in [2.75, 3.05) is 0 Å². The first-order chi connectivity index (χ1) is 11.4. The molecule has 1 heterocycles. The predicted octanol–water partition coefficient (Wildman–Crippen LogP) is 4.34. The van der Waals surface area contributed by atoms with Gasteiger partial charge in [-0.1, -0.05) is 53.0 Å². The van der Waals surface area contributed by atoms with E-state index in [0.717, 1.165) is 17.2 Å². The Morgan fingerprint density at radius 1 is 1.12 bits per heavy atom. The van der Waals surface area contributed by atoms with Gasteiger partial charge in [-0.3, -0.25) is 9.59 Å². The van der Waals surface area contributed by atoms with E-state index in [2.05, 4.69) is 5.32 Å². The largest absolute Gasteiger partial charge is 0.449 e. The van der Waals surface area contributed by atoms with Crippen LogP contribution in [0, 0.1) is 6.92 Å². The second-order valence-corrected chi connectivity index (χ2v) is 6.25. The van der Waals surface area contributed by atoms with Gasteiger partial charge in [0.25, 0.3) is 5.91 Å². The van der Waals surface area contributed by atoms with Crippen molar-refractivity contribution in [3.8, 4) is 0 Å². The van der Waals surface area contributed by atoms with Crippen LogP contribution in [-0.4, -0.2) is 5.91 Å². The fourth-order valence-electron chi connectivity index (χ4n) is 2.27. The van der Waals surface area contributed by atoms with Crippen LogP contribution in [0.3, 0.4) is 0 Å². The van der Waals surface area contributed by atoms with Gasteiger partial charge < -0.3 is 9.73 Å². The fraction of sp³-hybridized carbons (Fsp3) is 0.111. The Kier molecular flexibility index (Phi) is 4.60. The molecule has 1 amide bonds. The van der Waals surface area contributed by atoms with E-state index in [-0.39, 0.29) is 27.2 Å². The number of hydrogen-bond acceptors (Lipinski definition) is 3. The number of nitrogens with one attached hydrogen (secondary N) is 1. The highest BCUT2D eigenvalue weighted by Crippen LogP contribution is 2.26. The van der Waals surface area contributed by atoms with E-state index in [1.165, 1.54) is 12.1 Å². The summed E-state index contributed by atoms with van der Waals surface area (Å²) in [6.07, 6.45) is 0. The van der Waals surface area contributed by atoms with Crippen LogP contribution in [0.15, 0.2) is 51.7 Å². The highest BCUT2D eigenvalue weighted by molar-refractivity contribution is 6.38. The molecular weight excluding hydrogens is 349 g/mol. The molecule has 0 aliphatic heterocycles. The molecule has 4 nitrogen and oxygen atoms in total. The smallest absolute Gasteiger partial charge is 0.287 e. The van der Waals surface area contributed by atoms with Crippen LogP contribution < -0.4 is 10.7 Å². The van der Waals surface area contributed by atoms with Crippen LogP contribution in [0.2, 0.25) is 10.0 Å². The zero-order valence-corrected chi connectivity index (χ0v) is 14.2. The third-order valence-electron chi connectivity index (χ3n) is 3.55. The van der Waals surface area contributed by atoms with Crippen molar-refractivity contribution in [1.82, 2.24) is 5.32 Å². The lowest BCUT2D eigenvalue weighted by Gasteiger charge is -2.07. The third kappa shape index (κ3) is 3.45. The molecule has 2 aromatic carbocycles. The number of aryl methyl sites for hydroxylation is 1. The average molecular weight is 362 g/mol. The molecule has 122 valence electrons. The van der Waals surface area contributed by atoms with Crippen molar-refractivity contribution >= 4 is 40.1 Å². The number of halogens is 2. The minimum Gasteiger partial charge on any atom is -0.449 e. The van der Waals surface area contributed by atoms with Crippen molar-refractivity contribution < 1.29 is 9.21 Å². The summed E-state index contributed by atoms with van der Waals surface area (Å²) in [5.74, 6) is -0.579. The van der Waals surface area contributed by atoms with Crippen molar-refractivity contribution in [2.45, 2.75) is 13.5 Å². The Balaban J connectivity index is 1.87. The number of hydrogen-bond donors (Lipinski definition) is 1. The number of rotatable bonds is 3. The van der Waals surface area contributed by atoms with E-state index < -0.39 is 5.91 Å². The van der Waals surface area contributed by atoms with Gasteiger partial charge in [0.1, 0.15) is 0 Å². The maximum Gasteiger partial charge on any atom is 0.287 e. The fourth-order valence-corrected chi connectivity index (χ4v) is 2.80. The summed E-state index contributed by atoms with van der Waals surface area (Å²) < 4.78 is 5.50. The van der Waals surface area contributed by atoms with Crippen LogP contribution in [0.4, 0.5) is 0 Å². The monoisotopic (exact) mass is 361 g/mol. The molecule has 6 heteroatoms. The van der Waals surface area contributed by atoms with Crippen LogP contribution in [0.1, 0.15) is 21.7 Å². The minimum atomic E-state index is -0.486. The van der Waals surface area contributed by atoms with Gasteiger partial charge in [0.2, 0.25) is 0 Å². The Labute approximate surface area is 148 Å². The molecule has 0 spiro atoms. The summed E-state index contributed by atoms with van der Waals surface area (Å²) in [5.41, 5.74) is 1.86. The summed E-state index contributed by atoms with van der Waals surface area (Å²) in [7, 11) is 0. The Hall–Kier alpha value is -2.30. The predicted molar refractivity (Wildman–Crippen MR) is 94.9 cm³/mol. The topological polar surface area (TPSA) is 59.3 Å². The molecule has 0 saturated heterocycles. The van der Waals surface area contributed by atoms with Gasteiger partial charge in [-0.2, -0.15) is 0 Å². The zero-order chi connectivity index (χ0) is 17.3. The maximum absolute atomic E-state index is 12.2. The Bertz CT molecular complexity index is 978. The van der Waals surface area contributed by atoms with Gasteiger partial charge in [0, 0.05) is 17.6 Å². The summed E-state index contributed by atoms with van der Waals surface area (Å²) >= 11 is 11.9. The molecule has 3 aromatic rings. The van der Waals surface area contributed by atoms with Crippen LogP contribution in [0.5, 0.6) is 0 Å². The van der Waals surface area contributed by atoms with Gasteiger partial charge in [0.15, 0.2) is 16.8 Å². The van der Waals surface area contributed by atoms with Gasteiger partial charge in [0.05, 0.1) is 10.4 Å². The average Bonchev–Trinajstić information content (AvgIpc) is 2.55. The van der Waals surface area contributed by atoms with Gasteiger partial charge in [-0.15, -0.1) is 0 Å². The molecule has 0 aliphatic carbocycles. The SMILES string of the molecule is Cc1ccc(CNC(=O)c2cc(=O)c3cc(Cl)cc(Cl)c3o2)cc1. The number of carbonyl (C=O) groups excluding carboxylic acids is 1. The van der Waals surface area contributed by atoms with Crippen molar-refractivity contribution in [3.05, 3.63) is 79.6 Å². The highest BCUT2D eigenvalue weighted by Gasteiger charge is 2.14. The summed E-state index contributed by atoms with van der Waals surface area (Å²) in [5, 5.41) is 3.47. The van der Waals surface area contributed by atoms with E-state index in [4.69, 9.17) is 27.6 Å². The molecule has 1 N–H and O–H groups in total. The highest BCUT2D eigenvalue weighted by atomic mass is 35.5. The zero-order valence-electron chi connectivity index (χ0n) is 12.7. The summed E-state index contributed by atoms with van der Waals surface area (Å²) in [6, 6.07) is 11.8. The van der Waals surface area contributed by atoms with E-state index in [1.807, 2.05) is 31.2 Å². The first-order valence-electron chi connectivity index (χ1n) is 7.20. The molecule has 0 atom stereocenters. The second-order valence-electron chi connectivity index (χ2n) is 5.41. The lowest BCUT2D eigenvalue weighted by Crippen LogP contribution is -2.24. The molecule has 1 aromatic heterocycles. The normalized spacial score (nSPS) is 10.8. The quantitative estimate of drug-likeness (QED) is 0.754. The lowest BCUT2D eigenvalue weighted by atomic mass is 10.1. The standard InChI is InChI=1S/C18H13Cl2NO3/c1-10-2-4-11(5-3-10)9-21-18(23)16-8-15(22)13-6-12(19)7-14(20)17(13)24-16/h2-8H,9H2,1H3,(H,21,23). The molecule has 0 aliphatic rings. The molecule has 0 saturated carbocycles. The summed E-state index contributed by atoms with van der Waals surface area (Å²) in [6.45, 7) is 2.32. The Morgan fingerprint density at radius 3 is 2.54 bits per heavy atom. The molecule has 3 rings (SSSR count). The van der Waals surface area contributed by atoms with Crippen LogP contribution >= 0.6 is 23.2 Å². The second kappa shape index (κ2) is 6.67. The molecule has 0 bridgehead atoms. The third-order valence-corrected chi connectivity index (χ3v) is 4.04. The number of fused-ring (bicyclic) bond motifs is 1. The van der Waals surface area contributed by atoms with Crippen molar-refractivity contribution in [2.24, 2.45) is 0 Å². The van der Waals surface area contributed by atoms with Gasteiger partial charge in [-0.05, 0) is 24.6 Å². The molecule has 0 fully saturated rings. The summed E-state index contributed by atoms with van der Waals surface area (Å²) in [4.78, 5) is 24.4. The van der Waals surface area contributed by atoms with Crippen LogP contribution in [-0.2, 0) is 6.54 Å². The number of benzene rings is 2. The van der Waals surface area contributed by atoms with Gasteiger partial charge >= 0.3 is 0 Å². The molecular formula is C18H13Cl2NO3. The van der Waals surface area contributed by atoms with E-state index in [9.17, 15) is 9.59 Å². The van der Waals surface area contributed by atoms with E-state index in [0.29, 0.717) is 11.6 Å². The number of amides is 1. The van der Waals surface area contributed by atoms with E-state index >= 15 is 0 Å². The maximum atomic E-state index is 12.2. The first kappa shape index (κ1) is 16.6. The molecule has 0 radical (unpaired) electrons.